The maximum Gasteiger partial charge on any atom is 0.280 e. The minimum atomic E-state index is -0.849. The SMILES string of the molecule is COc1ccc(O[C@H](C)C(=O)N/N=C\c2cc(OC)c([O-])c([N+](=O)[O-])c2)cc1. The number of methoxy groups -OCH3 is 2. The van der Waals surface area contributed by atoms with Crippen LogP contribution in [0.2, 0.25) is 0 Å². The second-order valence-electron chi connectivity index (χ2n) is 5.50. The quantitative estimate of drug-likeness (QED) is 0.412. The number of nitrogens with one attached hydrogen (secondary N) is 1. The van der Waals surface area contributed by atoms with Crippen LogP contribution in [0.15, 0.2) is 41.5 Å². The lowest BCUT2D eigenvalue weighted by Crippen LogP contribution is -2.33. The summed E-state index contributed by atoms with van der Waals surface area (Å²) in [5.41, 5.74) is 1.83. The number of hydrogen-bond acceptors (Lipinski definition) is 8. The monoisotopic (exact) mass is 388 g/mol. The molecular weight excluding hydrogens is 370 g/mol. The molecule has 0 aliphatic carbocycles. The molecule has 0 aliphatic rings. The molecule has 2 aromatic carbocycles. The molecule has 0 saturated heterocycles. The Morgan fingerprint density at radius 2 is 1.82 bits per heavy atom. The number of nitro benzene ring substituents is 1. The molecule has 0 aromatic heterocycles. The van der Waals surface area contributed by atoms with E-state index < -0.39 is 28.4 Å². The zero-order valence-corrected chi connectivity index (χ0v) is 15.4. The lowest BCUT2D eigenvalue weighted by atomic mass is 10.2. The molecule has 2 aromatic rings. The lowest BCUT2D eigenvalue weighted by Gasteiger charge is -2.14. The lowest BCUT2D eigenvalue weighted by molar-refractivity contribution is -0.398. The third-order valence-corrected chi connectivity index (χ3v) is 3.60. The summed E-state index contributed by atoms with van der Waals surface area (Å²) >= 11 is 0. The molecule has 2 rings (SSSR count). The maximum absolute atomic E-state index is 12.1. The topological polar surface area (TPSA) is 135 Å². The standard InChI is InChI=1S/C18H19N3O7/c1-11(28-14-6-4-13(26-2)5-7-14)18(23)20-19-10-12-8-15(21(24)25)17(22)16(9-12)27-3/h4-11,22H,1-3H3,(H,20,23)/p-1/b19-10-/t11-/m1/s1. The molecule has 10 heteroatoms. The van der Waals surface area contributed by atoms with E-state index >= 15 is 0 Å². The number of amides is 1. The molecule has 0 aliphatic heterocycles. The molecule has 0 unspecified atom stereocenters. The Kier molecular flexibility index (Phi) is 6.74. The highest BCUT2D eigenvalue weighted by Gasteiger charge is 2.15. The fourth-order valence-electron chi connectivity index (χ4n) is 2.14. The normalized spacial score (nSPS) is 11.7. The van der Waals surface area contributed by atoms with Crippen LogP contribution in [0.3, 0.4) is 0 Å². The number of nitrogens with zero attached hydrogens (tertiary/aromatic N) is 2. The average Bonchev–Trinajstić information content (AvgIpc) is 2.69. The number of benzene rings is 2. The molecule has 0 fully saturated rings. The number of nitro groups is 1. The van der Waals surface area contributed by atoms with Gasteiger partial charge in [0.05, 0.1) is 25.4 Å². The van der Waals surface area contributed by atoms with Crippen molar-refractivity contribution in [3.05, 3.63) is 52.1 Å². The van der Waals surface area contributed by atoms with E-state index in [0.29, 0.717) is 11.5 Å². The second-order valence-corrected chi connectivity index (χ2v) is 5.50. The predicted molar refractivity (Wildman–Crippen MR) is 97.9 cm³/mol. The van der Waals surface area contributed by atoms with Crippen LogP contribution >= 0.6 is 0 Å². The minimum absolute atomic E-state index is 0.196. The van der Waals surface area contributed by atoms with Gasteiger partial charge in [-0.2, -0.15) is 5.10 Å². The molecule has 0 radical (unpaired) electrons. The van der Waals surface area contributed by atoms with Gasteiger partial charge in [0.25, 0.3) is 11.6 Å². The highest BCUT2D eigenvalue weighted by Crippen LogP contribution is 2.33. The van der Waals surface area contributed by atoms with E-state index in [1.54, 1.807) is 31.4 Å². The van der Waals surface area contributed by atoms with Crippen molar-refractivity contribution in [3.8, 4) is 23.0 Å². The average molecular weight is 388 g/mol. The molecular formula is C18H18N3O7-. The predicted octanol–water partition coefficient (Wildman–Crippen LogP) is 1.60. The number of rotatable bonds is 8. The second kappa shape index (κ2) is 9.21. The number of carbonyl (C=O) groups excluding carboxylic acids is 1. The van der Waals surface area contributed by atoms with Crippen LogP contribution in [0.1, 0.15) is 12.5 Å². The van der Waals surface area contributed by atoms with Crippen molar-refractivity contribution in [3.63, 3.8) is 0 Å². The molecule has 0 heterocycles. The molecule has 0 saturated carbocycles. The summed E-state index contributed by atoms with van der Waals surface area (Å²) in [6.07, 6.45) is 0.311. The summed E-state index contributed by atoms with van der Waals surface area (Å²) in [6, 6.07) is 9.01. The Hall–Kier alpha value is -3.82. The Labute approximate surface area is 160 Å². The zero-order chi connectivity index (χ0) is 20.7. The van der Waals surface area contributed by atoms with Crippen molar-refractivity contribution >= 4 is 17.8 Å². The summed E-state index contributed by atoms with van der Waals surface area (Å²) in [4.78, 5) is 22.2. The van der Waals surface area contributed by atoms with Crippen LogP contribution in [-0.4, -0.2) is 37.4 Å². The van der Waals surface area contributed by atoms with Crippen molar-refractivity contribution < 1.29 is 29.0 Å². The maximum atomic E-state index is 12.1. The van der Waals surface area contributed by atoms with E-state index in [1.165, 1.54) is 20.1 Å². The first-order valence-electron chi connectivity index (χ1n) is 8.02. The number of carbonyl (C=O) groups is 1. The molecule has 0 spiro atoms. The van der Waals surface area contributed by atoms with Gasteiger partial charge in [0.1, 0.15) is 17.2 Å². The van der Waals surface area contributed by atoms with Crippen LogP contribution in [0.5, 0.6) is 23.0 Å². The smallest absolute Gasteiger partial charge is 0.280 e. The van der Waals surface area contributed by atoms with Gasteiger partial charge < -0.3 is 19.3 Å². The van der Waals surface area contributed by atoms with E-state index in [1.807, 2.05) is 0 Å². The van der Waals surface area contributed by atoms with Gasteiger partial charge in [-0.1, -0.05) is 0 Å². The van der Waals surface area contributed by atoms with Crippen molar-refractivity contribution in [1.29, 1.82) is 0 Å². The highest BCUT2D eigenvalue weighted by molar-refractivity contribution is 5.86. The minimum Gasteiger partial charge on any atom is -0.865 e. The van der Waals surface area contributed by atoms with Crippen LogP contribution in [0.4, 0.5) is 5.69 Å². The number of hydrazone groups is 1. The van der Waals surface area contributed by atoms with E-state index in [-0.39, 0.29) is 11.3 Å². The van der Waals surface area contributed by atoms with E-state index in [4.69, 9.17) is 14.2 Å². The van der Waals surface area contributed by atoms with Crippen LogP contribution < -0.4 is 24.7 Å². The molecule has 1 amide bonds. The van der Waals surface area contributed by atoms with Gasteiger partial charge in [0.15, 0.2) is 6.10 Å². The van der Waals surface area contributed by atoms with Crippen molar-refractivity contribution in [2.24, 2.45) is 5.10 Å². The largest absolute Gasteiger partial charge is 0.865 e. The fourth-order valence-corrected chi connectivity index (χ4v) is 2.14. The van der Waals surface area contributed by atoms with Crippen LogP contribution in [0, 0.1) is 10.1 Å². The zero-order valence-electron chi connectivity index (χ0n) is 15.4. The van der Waals surface area contributed by atoms with Gasteiger partial charge in [-0.05, 0) is 37.3 Å². The van der Waals surface area contributed by atoms with Gasteiger partial charge in [-0.3, -0.25) is 14.9 Å². The Bertz CT molecular complexity index is 881. The molecule has 1 N–H and O–H groups in total. The van der Waals surface area contributed by atoms with Crippen molar-refractivity contribution in [2.75, 3.05) is 14.2 Å². The molecule has 0 bridgehead atoms. The van der Waals surface area contributed by atoms with Crippen LogP contribution in [0.25, 0.3) is 0 Å². The van der Waals surface area contributed by atoms with E-state index in [9.17, 15) is 20.0 Å². The third kappa shape index (κ3) is 5.10. The summed E-state index contributed by atoms with van der Waals surface area (Å²) in [7, 11) is 2.76. The summed E-state index contributed by atoms with van der Waals surface area (Å²) < 4.78 is 15.4. The van der Waals surface area contributed by atoms with E-state index in [2.05, 4.69) is 10.5 Å². The van der Waals surface area contributed by atoms with Gasteiger partial charge >= 0.3 is 0 Å². The van der Waals surface area contributed by atoms with Gasteiger partial charge in [0.2, 0.25) is 0 Å². The Balaban J connectivity index is 2.02. The van der Waals surface area contributed by atoms with E-state index in [0.717, 1.165) is 12.3 Å². The Morgan fingerprint density at radius 3 is 2.39 bits per heavy atom. The van der Waals surface area contributed by atoms with Gasteiger partial charge in [0, 0.05) is 17.4 Å². The highest BCUT2D eigenvalue weighted by atomic mass is 16.6. The molecule has 148 valence electrons. The first kappa shape index (κ1) is 20.5. The van der Waals surface area contributed by atoms with Gasteiger partial charge in [-0.25, -0.2) is 5.43 Å². The first-order chi connectivity index (χ1) is 13.3. The summed E-state index contributed by atoms with van der Waals surface area (Å²) in [6.45, 7) is 1.54. The van der Waals surface area contributed by atoms with Crippen LogP contribution in [-0.2, 0) is 4.79 Å². The van der Waals surface area contributed by atoms with Gasteiger partial charge in [-0.15, -0.1) is 0 Å². The third-order valence-electron chi connectivity index (χ3n) is 3.60. The summed E-state index contributed by atoms with van der Waals surface area (Å²) in [5.74, 6) is -0.441. The molecule has 10 nitrogen and oxygen atoms in total. The molecule has 1 atom stereocenters. The Morgan fingerprint density at radius 1 is 1.18 bits per heavy atom. The number of ether oxygens (including phenoxy) is 3. The summed E-state index contributed by atoms with van der Waals surface area (Å²) in [5, 5.41) is 26.4. The number of hydrogen-bond donors (Lipinski definition) is 1. The van der Waals surface area contributed by atoms with Crippen molar-refractivity contribution in [1.82, 2.24) is 5.43 Å². The fraction of sp³-hybridized carbons (Fsp3) is 0.222. The van der Waals surface area contributed by atoms with Crippen molar-refractivity contribution in [2.45, 2.75) is 13.0 Å². The molecule has 28 heavy (non-hydrogen) atoms. The first-order valence-corrected chi connectivity index (χ1v) is 8.02.